The number of nitrogens with two attached hydrogens (primary N) is 1. The van der Waals surface area contributed by atoms with Crippen LogP contribution in [0.15, 0.2) is 40.9 Å². The van der Waals surface area contributed by atoms with E-state index in [0.717, 1.165) is 38.0 Å². The molecule has 1 saturated heterocycles. The zero-order valence-corrected chi connectivity index (χ0v) is 16.4. The van der Waals surface area contributed by atoms with E-state index in [2.05, 4.69) is 76.7 Å². The van der Waals surface area contributed by atoms with Crippen molar-refractivity contribution >= 4 is 29.3 Å². The molecule has 0 bridgehead atoms. The highest BCUT2D eigenvalue weighted by Gasteiger charge is 2.14. The van der Waals surface area contributed by atoms with Crippen LogP contribution in [0.3, 0.4) is 0 Å². The molecule has 4 nitrogen and oxygen atoms in total. The quantitative estimate of drug-likeness (QED) is 0.607. The smallest absolute Gasteiger partial charge is 0.126 e. The second-order valence-corrected chi connectivity index (χ2v) is 7.53. The summed E-state index contributed by atoms with van der Waals surface area (Å²) in [6.07, 6.45) is 12.9. The van der Waals surface area contributed by atoms with E-state index in [4.69, 9.17) is 5.73 Å². The molecule has 2 aromatic rings. The first-order valence-electron chi connectivity index (χ1n) is 9.31. The third kappa shape index (κ3) is 4.54. The molecular weight excluding hydrogens is 340 g/mol. The number of aromatic nitrogens is 1. The SMILES string of the molecule is C/C=c1/ccn(Cc2cc(C(N)=NC3CCNC3)cs2)/c1=C/C=C/CC. The number of aliphatic imine (C=N–C) groups is 1. The molecule has 1 fully saturated rings. The van der Waals surface area contributed by atoms with Crippen molar-refractivity contribution in [3.05, 3.63) is 56.9 Å². The van der Waals surface area contributed by atoms with E-state index in [1.165, 1.54) is 15.4 Å². The van der Waals surface area contributed by atoms with E-state index < -0.39 is 0 Å². The molecule has 1 unspecified atom stereocenters. The van der Waals surface area contributed by atoms with Gasteiger partial charge in [0.2, 0.25) is 0 Å². The van der Waals surface area contributed by atoms with Gasteiger partial charge in [-0.15, -0.1) is 11.3 Å². The fourth-order valence-corrected chi connectivity index (χ4v) is 4.03. The van der Waals surface area contributed by atoms with Crippen molar-refractivity contribution in [3.63, 3.8) is 0 Å². The van der Waals surface area contributed by atoms with Gasteiger partial charge >= 0.3 is 0 Å². The average Bonchev–Trinajstić information content (AvgIpc) is 3.37. The van der Waals surface area contributed by atoms with Crippen molar-refractivity contribution in [3.8, 4) is 0 Å². The zero-order valence-electron chi connectivity index (χ0n) is 15.6. The number of amidine groups is 1. The Morgan fingerprint density at radius 3 is 3.12 bits per heavy atom. The van der Waals surface area contributed by atoms with Gasteiger partial charge in [0.1, 0.15) is 5.84 Å². The lowest BCUT2D eigenvalue weighted by Gasteiger charge is -2.04. The third-order valence-electron chi connectivity index (χ3n) is 4.61. The van der Waals surface area contributed by atoms with Gasteiger partial charge in [-0.05, 0) is 49.7 Å². The van der Waals surface area contributed by atoms with Crippen LogP contribution in [0.5, 0.6) is 0 Å². The molecule has 0 amide bonds. The van der Waals surface area contributed by atoms with Crippen LogP contribution in [0.25, 0.3) is 12.2 Å². The number of hydrogen-bond acceptors (Lipinski definition) is 3. The molecule has 0 saturated carbocycles. The summed E-state index contributed by atoms with van der Waals surface area (Å²) >= 11 is 1.75. The van der Waals surface area contributed by atoms with Crippen LogP contribution in [0, 0.1) is 0 Å². The van der Waals surface area contributed by atoms with E-state index in [-0.39, 0.29) is 0 Å². The Morgan fingerprint density at radius 1 is 1.50 bits per heavy atom. The molecule has 1 atom stereocenters. The normalized spacial score (nSPS) is 19.9. The Bertz CT molecular complexity index is 895. The molecule has 0 aliphatic carbocycles. The molecular formula is C21H28N4S. The lowest BCUT2D eigenvalue weighted by atomic mass is 10.2. The van der Waals surface area contributed by atoms with E-state index in [0.29, 0.717) is 11.9 Å². The van der Waals surface area contributed by atoms with Gasteiger partial charge in [0.15, 0.2) is 0 Å². The molecule has 0 aromatic carbocycles. The van der Waals surface area contributed by atoms with Gasteiger partial charge in [-0.2, -0.15) is 0 Å². The lowest BCUT2D eigenvalue weighted by molar-refractivity contribution is 0.743. The molecule has 1 aliphatic rings. The predicted molar refractivity (Wildman–Crippen MR) is 113 cm³/mol. The Labute approximate surface area is 159 Å². The second-order valence-electron chi connectivity index (χ2n) is 6.54. The average molecular weight is 369 g/mol. The maximum absolute atomic E-state index is 6.22. The number of nitrogens with zero attached hydrogens (tertiary/aromatic N) is 2. The Hall–Kier alpha value is -2.11. The van der Waals surface area contributed by atoms with E-state index in [1.54, 1.807) is 11.3 Å². The maximum atomic E-state index is 6.22. The van der Waals surface area contributed by atoms with Crippen molar-refractivity contribution in [2.75, 3.05) is 13.1 Å². The highest BCUT2D eigenvalue weighted by Crippen LogP contribution is 2.16. The first-order valence-corrected chi connectivity index (χ1v) is 10.2. The molecule has 1 aliphatic heterocycles. The number of rotatable bonds is 6. The maximum Gasteiger partial charge on any atom is 0.126 e. The molecule has 3 N–H and O–H groups in total. The molecule has 26 heavy (non-hydrogen) atoms. The van der Waals surface area contributed by atoms with Gasteiger partial charge in [-0.3, -0.25) is 4.99 Å². The largest absolute Gasteiger partial charge is 0.383 e. The van der Waals surface area contributed by atoms with Crippen molar-refractivity contribution in [2.45, 2.75) is 39.3 Å². The second kappa shape index (κ2) is 9.01. The minimum absolute atomic E-state index is 0.317. The minimum atomic E-state index is 0.317. The molecule has 3 rings (SSSR count). The van der Waals surface area contributed by atoms with Crippen LogP contribution >= 0.6 is 11.3 Å². The monoisotopic (exact) mass is 368 g/mol. The summed E-state index contributed by atoms with van der Waals surface area (Å²) in [7, 11) is 0. The summed E-state index contributed by atoms with van der Waals surface area (Å²) < 4.78 is 2.29. The first kappa shape index (κ1) is 18.7. The molecule has 3 heterocycles. The first-order chi connectivity index (χ1) is 12.7. The highest BCUT2D eigenvalue weighted by molar-refractivity contribution is 7.10. The molecule has 0 spiro atoms. The van der Waals surface area contributed by atoms with Crippen LogP contribution in [0.2, 0.25) is 0 Å². The van der Waals surface area contributed by atoms with Crippen LogP contribution in [-0.2, 0) is 6.54 Å². The van der Waals surface area contributed by atoms with E-state index in [1.807, 2.05) is 0 Å². The molecule has 2 aromatic heterocycles. The summed E-state index contributed by atoms with van der Waals surface area (Å²) in [5, 5.41) is 7.95. The standard InChI is InChI=1S/C21H28N4S/c1-3-5-6-7-20-16(4-2)9-11-25(20)14-19-12-17(15-26-19)21(22)24-18-8-10-23-13-18/h4-7,9,11-12,15,18,23H,3,8,10,13-14H2,1-2H3,(H2,22,24)/b6-5+,16-4-,20-7+. The number of thiophene rings is 1. The predicted octanol–water partition coefficient (Wildman–Crippen LogP) is 2.21. The van der Waals surface area contributed by atoms with Gasteiger partial charge in [0.25, 0.3) is 0 Å². The highest BCUT2D eigenvalue weighted by atomic mass is 32.1. The molecule has 138 valence electrons. The summed E-state index contributed by atoms with van der Waals surface area (Å²) in [6.45, 7) is 7.05. The fraction of sp³-hybridized carbons (Fsp3) is 0.381. The van der Waals surface area contributed by atoms with Gasteiger partial charge in [-0.25, -0.2) is 0 Å². The molecule has 5 heteroatoms. The summed E-state index contributed by atoms with van der Waals surface area (Å²) in [5.74, 6) is 0.661. The number of nitrogens with one attached hydrogen (secondary N) is 1. The van der Waals surface area contributed by atoms with Gasteiger partial charge in [0, 0.05) is 33.9 Å². The Morgan fingerprint density at radius 2 is 2.38 bits per heavy atom. The zero-order chi connectivity index (χ0) is 18.4. The van der Waals surface area contributed by atoms with Crippen LogP contribution in [0.4, 0.5) is 0 Å². The van der Waals surface area contributed by atoms with Crippen LogP contribution < -0.4 is 21.6 Å². The van der Waals surface area contributed by atoms with Crippen LogP contribution in [0.1, 0.15) is 37.1 Å². The third-order valence-corrected chi connectivity index (χ3v) is 5.53. The summed E-state index contributed by atoms with van der Waals surface area (Å²) in [4.78, 5) is 5.95. The van der Waals surface area contributed by atoms with Crippen molar-refractivity contribution < 1.29 is 0 Å². The van der Waals surface area contributed by atoms with Crippen molar-refractivity contribution in [1.29, 1.82) is 0 Å². The van der Waals surface area contributed by atoms with Gasteiger partial charge < -0.3 is 15.6 Å². The van der Waals surface area contributed by atoms with Crippen molar-refractivity contribution in [1.82, 2.24) is 9.88 Å². The van der Waals surface area contributed by atoms with Crippen LogP contribution in [-0.4, -0.2) is 29.5 Å². The van der Waals surface area contributed by atoms with Crippen molar-refractivity contribution in [2.24, 2.45) is 10.7 Å². The Balaban J connectivity index is 1.80. The summed E-state index contributed by atoms with van der Waals surface area (Å²) in [5.41, 5.74) is 7.26. The Kier molecular flexibility index (Phi) is 6.47. The topological polar surface area (TPSA) is 55.3 Å². The lowest BCUT2D eigenvalue weighted by Crippen LogP contribution is -2.28. The van der Waals surface area contributed by atoms with Gasteiger partial charge in [-0.1, -0.05) is 25.2 Å². The molecule has 0 radical (unpaired) electrons. The summed E-state index contributed by atoms with van der Waals surface area (Å²) in [6, 6.07) is 4.66. The van der Waals surface area contributed by atoms with Gasteiger partial charge in [0.05, 0.1) is 12.6 Å². The van der Waals surface area contributed by atoms with E-state index >= 15 is 0 Å². The number of hydrogen-bond donors (Lipinski definition) is 2. The number of allylic oxidation sites excluding steroid dienone is 2. The van der Waals surface area contributed by atoms with E-state index in [9.17, 15) is 0 Å². The minimum Gasteiger partial charge on any atom is -0.383 e. The fourth-order valence-electron chi connectivity index (χ4n) is 3.16.